The zero-order valence-electron chi connectivity index (χ0n) is 24.4. The van der Waals surface area contributed by atoms with Gasteiger partial charge in [-0.15, -0.1) is 0 Å². The number of anilines is 1. The first-order valence-corrected chi connectivity index (χ1v) is 14.8. The molecule has 2 fully saturated rings. The molecule has 0 unspecified atom stereocenters. The number of rotatable bonds is 6. The Morgan fingerprint density at radius 1 is 1.07 bits per heavy atom. The Balaban J connectivity index is 1.79. The van der Waals surface area contributed by atoms with Gasteiger partial charge in [0.25, 0.3) is 5.91 Å². The Labute approximate surface area is 263 Å². The number of urea groups is 1. The second kappa shape index (κ2) is 11.5. The minimum absolute atomic E-state index is 0.0792. The number of carbonyl (C=O) groups excluding carboxylic acids is 3. The first-order valence-electron chi connectivity index (χ1n) is 14.0. The second-order valence-electron chi connectivity index (χ2n) is 12.1. The fraction of sp³-hybridized carbons (Fsp3) is 0.333. The van der Waals surface area contributed by atoms with E-state index >= 15 is 8.78 Å². The van der Waals surface area contributed by atoms with E-state index in [0.29, 0.717) is 0 Å². The van der Waals surface area contributed by atoms with Gasteiger partial charge in [-0.05, 0) is 60.7 Å². The monoisotopic (exact) mass is 639 g/mol. The van der Waals surface area contributed by atoms with Crippen LogP contribution in [0.5, 0.6) is 0 Å². The fourth-order valence-electron chi connectivity index (χ4n) is 6.50. The number of nitrogens with zero attached hydrogens (tertiary/aromatic N) is 3. The minimum atomic E-state index is -1.93. The van der Waals surface area contributed by atoms with E-state index in [1.807, 2.05) is 20.8 Å². The molecule has 0 bridgehead atoms. The number of nitriles is 1. The standard InChI is InChI=1S/C33H29Cl2F2N3O4/c1-5-44-30(42)18-8-6-9-20(14-18)39-29(41)28-26(21-10-7-11-23(35)27(21)37)33(17-38,22-13-12-19(34)15-24(22)36)25(16-32(2,3)4)40(28)31(39)43/h6-15,25-26,28H,5,16H2,1-4H3/t25-,26-,28+,33-/m0/s1. The highest BCUT2D eigenvalue weighted by molar-refractivity contribution is 6.31. The Morgan fingerprint density at radius 2 is 1.77 bits per heavy atom. The molecule has 5 rings (SSSR count). The number of esters is 1. The highest BCUT2D eigenvalue weighted by Crippen LogP contribution is 2.58. The summed E-state index contributed by atoms with van der Waals surface area (Å²) in [6.45, 7) is 7.44. The first kappa shape index (κ1) is 31.4. The molecule has 7 nitrogen and oxygen atoms in total. The summed E-state index contributed by atoms with van der Waals surface area (Å²) in [5.41, 5.74) is -2.47. The molecule has 228 valence electrons. The Hall–Kier alpha value is -4.00. The predicted octanol–water partition coefficient (Wildman–Crippen LogP) is 7.65. The highest BCUT2D eigenvalue weighted by atomic mass is 35.5. The molecular weight excluding hydrogens is 611 g/mol. The van der Waals surface area contributed by atoms with Gasteiger partial charge in [0.1, 0.15) is 23.1 Å². The van der Waals surface area contributed by atoms with Crippen LogP contribution in [-0.2, 0) is 14.9 Å². The number of hydrogen-bond donors (Lipinski definition) is 0. The van der Waals surface area contributed by atoms with Crippen LogP contribution >= 0.6 is 23.2 Å². The lowest BCUT2D eigenvalue weighted by atomic mass is 9.62. The summed E-state index contributed by atoms with van der Waals surface area (Å²) in [7, 11) is 0. The molecule has 2 heterocycles. The Bertz CT molecular complexity index is 1720. The van der Waals surface area contributed by atoms with Gasteiger partial charge in [0.2, 0.25) is 0 Å². The SMILES string of the molecule is CCOC(=O)c1cccc(N2C(=O)[C@H]3[C@H](c4cccc(Cl)c4F)[C@@](C#N)(c4ccc(Cl)cc4F)[C@H](CC(C)(C)C)N3C2=O)c1. The maximum atomic E-state index is 16.0. The number of halogens is 4. The van der Waals surface area contributed by atoms with Crippen molar-refractivity contribution in [2.45, 2.75) is 57.5 Å². The van der Waals surface area contributed by atoms with Crippen LogP contribution in [0.15, 0.2) is 60.7 Å². The zero-order chi connectivity index (χ0) is 32.1. The minimum Gasteiger partial charge on any atom is -0.462 e. The topological polar surface area (TPSA) is 90.7 Å². The number of benzene rings is 3. The predicted molar refractivity (Wildman–Crippen MR) is 162 cm³/mol. The maximum absolute atomic E-state index is 16.0. The van der Waals surface area contributed by atoms with Crippen molar-refractivity contribution >= 4 is 46.8 Å². The van der Waals surface area contributed by atoms with Crippen LogP contribution in [0.4, 0.5) is 19.3 Å². The highest BCUT2D eigenvalue weighted by Gasteiger charge is 2.70. The number of imide groups is 1. The van der Waals surface area contributed by atoms with Crippen molar-refractivity contribution in [3.63, 3.8) is 0 Å². The number of hydrogen-bond acceptors (Lipinski definition) is 5. The third-order valence-corrected chi connectivity index (χ3v) is 8.68. The number of carbonyl (C=O) groups is 3. The van der Waals surface area contributed by atoms with Gasteiger partial charge < -0.3 is 9.64 Å². The molecule has 44 heavy (non-hydrogen) atoms. The summed E-state index contributed by atoms with van der Waals surface area (Å²) < 4.78 is 36.9. The third kappa shape index (κ3) is 5.00. The van der Waals surface area contributed by atoms with Gasteiger partial charge in [-0.1, -0.05) is 68.2 Å². The van der Waals surface area contributed by atoms with Gasteiger partial charge in [-0.25, -0.2) is 23.3 Å². The summed E-state index contributed by atoms with van der Waals surface area (Å²) >= 11 is 12.3. The first-order chi connectivity index (χ1) is 20.8. The molecule has 0 aromatic heterocycles. The van der Waals surface area contributed by atoms with Crippen molar-refractivity contribution in [3.05, 3.63) is 99.0 Å². The van der Waals surface area contributed by atoms with Crippen molar-refractivity contribution in [2.24, 2.45) is 5.41 Å². The van der Waals surface area contributed by atoms with E-state index in [2.05, 4.69) is 6.07 Å². The van der Waals surface area contributed by atoms with E-state index in [4.69, 9.17) is 27.9 Å². The molecule has 0 N–H and O–H groups in total. The molecule has 2 saturated heterocycles. The molecule has 0 aliphatic carbocycles. The van der Waals surface area contributed by atoms with Gasteiger partial charge in [-0.2, -0.15) is 5.26 Å². The Morgan fingerprint density at radius 3 is 2.41 bits per heavy atom. The lowest BCUT2D eigenvalue weighted by Crippen LogP contribution is -2.49. The number of fused-ring (bicyclic) bond motifs is 1. The second-order valence-corrected chi connectivity index (χ2v) is 12.9. The van der Waals surface area contributed by atoms with Gasteiger partial charge in [-0.3, -0.25) is 4.79 Å². The summed E-state index contributed by atoms with van der Waals surface area (Å²) in [6, 6.07) is 12.8. The quantitative estimate of drug-likeness (QED) is 0.204. The van der Waals surface area contributed by atoms with Crippen LogP contribution in [-0.4, -0.2) is 41.5 Å². The smallest absolute Gasteiger partial charge is 0.338 e. The average Bonchev–Trinajstić information content (AvgIpc) is 3.38. The summed E-state index contributed by atoms with van der Waals surface area (Å²) in [5, 5.41) is 10.9. The van der Waals surface area contributed by atoms with Crippen molar-refractivity contribution in [2.75, 3.05) is 11.5 Å². The van der Waals surface area contributed by atoms with Crippen LogP contribution in [0.3, 0.4) is 0 Å². The molecule has 2 aliphatic heterocycles. The lowest BCUT2D eigenvalue weighted by molar-refractivity contribution is -0.119. The zero-order valence-corrected chi connectivity index (χ0v) is 25.9. The normalized spacial score (nSPS) is 23.1. The molecular formula is C33H29Cl2F2N3O4. The summed E-state index contributed by atoms with van der Waals surface area (Å²) in [5.74, 6) is -4.48. The van der Waals surface area contributed by atoms with Crippen LogP contribution in [0, 0.1) is 28.4 Å². The molecule has 4 atom stereocenters. The van der Waals surface area contributed by atoms with Crippen molar-refractivity contribution in [1.29, 1.82) is 5.26 Å². The average molecular weight is 641 g/mol. The van der Waals surface area contributed by atoms with E-state index in [1.54, 1.807) is 6.92 Å². The molecule has 0 spiro atoms. The van der Waals surface area contributed by atoms with Crippen LogP contribution in [0.1, 0.15) is 61.5 Å². The number of amides is 3. The van der Waals surface area contributed by atoms with Crippen molar-refractivity contribution < 1.29 is 27.9 Å². The van der Waals surface area contributed by atoms with E-state index in [9.17, 15) is 19.6 Å². The molecule has 11 heteroatoms. The van der Waals surface area contributed by atoms with E-state index in [0.717, 1.165) is 11.0 Å². The molecule has 3 aromatic rings. The maximum Gasteiger partial charge on any atom is 0.338 e. The Kier molecular flexibility index (Phi) is 8.21. The van der Waals surface area contributed by atoms with E-state index in [-0.39, 0.29) is 45.5 Å². The van der Waals surface area contributed by atoms with E-state index < -0.39 is 58.4 Å². The molecule has 0 radical (unpaired) electrons. The molecule has 3 aromatic carbocycles. The summed E-state index contributed by atoms with van der Waals surface area (Å²) in [4.78, 5) is 43.5. The van der Waals surface area contributed by atoms with Crippen molar-refractivity contribution in [3.8, 4) is 6.07 Å². The van der Waals surface area contributed by atoms with Gasteiger partial charge in [0, 0.05) is 16.5 Å². The molecule has 2 aliphatic rings. The summed E-state index contributed by atoms with van der Waals surface area (Å²) in [6.07, 6.45) is 0.146. The van der Waals surface area contributed by atoms with Gasteiger partial charge in [0.05, 0.1) is 35.0 Å². The lowest BCUT2D eigenvalue weighted by Gasteiger charge is -2.39. The fourth-order valence-corrected chi connectivity index (χ4v) is 6.84. The van der Waals surface area contributed by atoms with Crippen LogP contribution < -0.4 is 4.90 Å². The number of ether oxygens (including phenoxy) is 1. The van der Waals surface area contributed by atoms with Gasteiger partial charge in [0.15, 0.2) is 0 Å². The largest absolute Gasteiger partial charge is 0.462 e. The molecule has 0 saturated carbocycles. The van der Waals surface area contributed by atoms with Crippen molar-refractivity contribution in [1.82, 2.24) is 4.90 Å². The third-order valence-electron chi connectivity index (χ3n) is 8.15. The van der Waals surface area contributed by atoms with Crippen LogP contribution in [0.2, 0.25) is 10.0 Å². The van der Waals surface area contributed by atoms with Gasteiger partial charge >= 0.3 is 12.0 Å². The molecule has 3 amide bonds. The van der Waals surface area contributed by atoms with Crippen LogP contribution in [0.25, 0.3) is 0 Å². The van der Waals surface area contributed by atoms with E-state index in [1.165, 1.54) is 59.5 Å².